The lowest BCUT2D eigenvalue weighted by Gasteiger charge is -2.25. The second-order valence-corrected chi connectivity index (χ2v) is 6.82. The van der Waals surface area contributed by atoms with E-state index in [4.69, 9.17) is 4.74 Å². The van der Waals surface area contributed by atoms with E-state index in [0.29, 0.717) is 6.04 Å². The SMILES string of the molecule is COC(=O)/C=C/c1ccc(C2CCCN2CCc2ccc(OC)cc2)cc1. The number of ether oxygens (including phenoxy) is 2. The van der Waals surface area contributed by atoms with Crippen LogP contribution in [0.25, 0.3) is 6.08 Å². The van der Waals surface area contributed by atoms with Crippen LogP contribution in [-0.2, 0) is 16.0 Å². The summed E-state index contributed by atoms with van der Waals surface area (Å²) in [6.07, 6.45) is 6.70. The first-order valence-electron chi connectivity index (χ1n) is 9.42. The maximum atomic E-state index is 11.2. The van der Waals surface area contributed by atoms with Crippen LogP contribution < -0.4 is 4.74 Å². The number of benzene rings is 2. The Morgan fingerprint density at radius 2 is 1.85 bits per heavy atom. The predicted octanol–water partition coefficient (Wildman–Crippen LogP) is 4.26. The van der Waals surface area contributed by atoms with Crippen LogP contribution in [0.5, 0.6) is 5.75 Å². The van der Waals surface area contributed by atoms with E-state index in [1.165, 1.54) is 37.2 Å². The smallest absolute Gasteiger partial charge is 0.330 e. The molecule has 2 aromatic carbocycles. The lowest BCUT2D eigenvalue weighted by Crippen LogP contribution is -2.25. The van der Waals surface area contributed by atoms with Crippen LogP contribution in [-0.4, -0.2) is 38.2 Å². The van der Waals surface area contributed by atoms with Gasteiger partial charge in [0.25, 0.3) is 0 Å². The first-order valence-corrected chi connectivity index (χ1v) is 9.42. The maximum absolute atomic E-state index is 11.2. The molecular formula is C23H27NO3. The molecule has 1 atom stereocenters. The Balaban J connectivity index is 1.60. The quantitative estimate of drug-likeness (QED) is 0.543. The second-order valence-electron chi connectivity index (χ2n) is 6.82. The van der Waals surface area contributed by atoms with Crippen molar-refractivity contribution in [1.29, 1.82) is 0 Å². The molecule has 0 aliphatic carbocycles. The van der Waals surface area contributed by atoms with Crippen molar-refractivity contribution in [2.24, 2.45) is 0 Å². The van der Waals surface area contributed by atoms with E-state index in [1.807, 2.05) is 12.1 Å². The van der Waals surface area contributed by atoms with Crippen molar-refractivity contribution in [3.63, 3.8) is 0 Å². The standard InChI is InChI=1S/C23H27NO3/c1-26-21-12-7-19(8-13-21)15-17-24-16-3-4-22(24)20-10-5-18(6-11-20)9-14-23(25)27-2/h5-14,22H,3-4,15-17H2,1-2H3/b14-9+. The van der Waals surface area contributed by atoms with Gasteiger partial charge in [0.15, 0.2) is 0 Å². The molecule has 27 heavy (non-hydrogen) atoms. The number of methoxy groups -OCH3 is 2. The predicted molar refractivity (Wildman–Crippen MR) is 108 cm³/mol. The Labute approximate surface area is 161 Å². The Kier molecular flexibility index (Phi) is 6.66. The summed E-state index contributed by atoms with van der Waals surface area (Å²) in [5.74, 6) is 0.568. The number of nitrogens with zero attached hydrogens (tertiary/aromatic N) is 1. The minimum atomic E-state index is -0.334. The molecule has 0 spiro atoms. The third kappa shape index (κ3) is 5.20. The number of carbonyl (C=O) groups is 1. The van der Waals surface area contributed by atoms with Gasteiger partial charge in [-0.3, -0.25) is 4.90 Å². The molecule has 1 saturated heterocycles. The molecule has 4 heteroatoms. The largest absolute Gasteiger partial charge is 0.497 e. The molecule has 0 aromatic heterocycles. The fourth-order valence-electron chi connectivity index (χ4n) is 3.60. The fourth-order valence-corrected chi connectivity index (χ4v) is 3.60. The van der Waals surface area contributed by atoms with Crippen molar-refractivity contribution in [2.75, 3.05) is 27.3 Å². The number of rotatable bonds is 7. The van der Waals surface area contributed by atoms with Gasteiger partial charge in [0, 0.05) is 18.7 Å². The van der Waals surface area contributed by atoms with Crippen LogP contribution in [0.2, 0.25) is 0 Å². The van der Waals surface area contributed by atoms with Crippen LogP contribution in [0.3, 0.4) is 0 Å². The van der Waals surface area contributed by atoms with E-state index in [1.54, 1.807) is 13.2 Å². The third-order valence-corrected chi connectivity index (χ3v) is 5.14. The zero-order valence-electron chi connectivity index (χ0n) is 16.1. The van der Waals surface area contributed by atoms with Crippen molar-refractivity contribution in [1.82, 2.24) is 4.90 Å². The molecule has 4 nitrogen and oxygen atoms in total. The van der Waals surface area contributed by atoms with Gasteiger partial charge in [-0.05, 0) is 60.7 Å². The molecule has 2 aromatic rings. The number of likely N-dealkylation sites (tertiary alicyclic amines) is 1. The summed E-state index contributed by atoms with van der Waals surface area (Å²) in [6, 6.07) is 17.3. The third-order valence-electron chi connectivity index (χ3n) is 5.14. The zero-order valence-corrected chi connectivity index (χ0v) is 16.1. The molecule has 0 N–H and O–H groups in total. The molecule has 1 unspecified atom stereocenters. The summed E-state index contributed by atoms with van der Waals surface area (Å²) in [5, 5.41) is 0. The molecule has 0 radical (unpaired) electrons. The topological polar surface area (TPSA) is 38.8 Å². The normalized spacial score (nSPS) is 17.3. The van der Waals surface area contributed by atoms with Gasteiger partial charge >= 0.3 is 5.97 Å². The first kappa shape index (κ1) is 19.2. The van der Waals surface area contributed by atoms with Gasteiger partial charge in [0.2, 0.25) is 0 Å². The van der Waals surface area contributed by atoms with E-state index >= 15 is 0 Å². The van der Waals surface area contributed by atoms with Crippen LogP contribution >= 0.6 is 0 Å². The lowest BCUT2D eigenvalue weighted by molar-refractivity contribution is -0.134. The number of hydrogen-bond donors (Lipinski definition) is 0. The zero-order chi connectivity index (χ0) is 19.1. The number of hydrogen-bond acceptors (Lipinski definition) is 4. The molecule has 3 rings (SSSR count). The van der Waals surface area contributed by atoms with E-state index in [2.05, 4.69) is 46.0 Å². The molecule has 142 valence electrons. The molecule has 0 saturated carbocycles. The fraction of sp³-hybridized carbons (Fsp3) is 0.348. The van der Waals surface area contributed by atoms with Gasteiger partial charge in [0.05, 0.1) is 14.2 Å². The summed E-state index contributed by atoms with van der Waals surface area (Å²) in [5.41, 5.74) is 3.69. The summed E-state index contributed by atoms with van der Waals surface area (Å²) in [6.45, 7) is 2.20. The highest BCUT2D eigenvalue weighted by Gasteiger charge is 2.25. The van der Waals surface area contributed by atoms with Crippen LogP contribution in [0.4, 0.5) is 0 Å². The minimum Gasteiger partial charge on any atom is -0.497 e. The summed E-state index contributed by atoms with van der Waals surface area (Å²) >= 11 is 0. The highest BCUT2D eigenvalue weighted by Crippen LogP contribution is 2.32. The van der Waals surface area contributed by atoms with E-state index < -0.39 is 0 Å². The molecule has 0 bridgehead atoms. The second kappa shape index (κ2) is 9.38. The molecular weight excluding hydrogens is 338 g/mol. The Morgan fingerprint density at radius 1 is 1.11 bits per heavy atom. The van der Waals surface area contributed by atoms with Crippen LogP contribution in [0.1, 0.15) is 35.6 Å². The molecule has 1 aliphatic rings. The summed E-state index contributed by atoms with van der Waals surface area (Å²) in [7, 11) is 3.08. The van der Waals surface area contributed by atoms with Crippen molar-refractivity contribution in [3.05, 3.63) is 71.3 Å². The van der Waals surface area contributed by atoms with Crippen molar-refractivity contribution < 1.29 is 14.3 Å². The van der Waals surface area contributed by atoms with Crippen LogP contribution in [0, 0.1) is 0 Å². The van der Waals surface area contributed by atoms with Gasteiger partial charge in [-0.1, -0.05) is 36.4 Å². The van der Waals surface area contributed by atoms with E-state index in [9.17, 15) is 4.79 Å². The summed E-state index contributed by atoms with van der Waals surface area (Å²) < 4.78 is 9.86. The Bertz CT molecular complexity index is 765. The van der Waals surface area contributed by atoms with Gasteiger partial charge in [-0.25, -0.2) is 4.79 Å². The van der Waals surface area contributed by atoms with Crippen molar-refractivity contribution >= 4 is 12.0 Å². The van der Waals surface area contributed by atoms with E-state index in [-0.39, 0.29) is 5.97 Å². The van der Waals surface area contributed by atoms with Crippen molar-refractivity contribution in [3.8, 4) is 5.75 Å². The minimum absolute atomic E-state index is 0.334. The van der Waals surface area contributed by atoms with Crippen molar-refractivity contribution in [2.45, 2.75) is 25.3 Å². The molecule has 1 fully saturated rings. The average Bonchev–Trinajstić information content (AvgIpc) is 3.19. The van der Waals surface area contributed by atoms with Gasteiger partial charge in [-0.2, -0.15) is 0 Å². The van der Waals surface area contributed by atoms with Crippen LogP contribution in [0.15, 0.2) is 54.6 Å². The first-order chi connectivity index (χ1) is 13.2. The average molecular weight is 365 g/mol. The van der Waals surface area contributed by atoms with Gasteiger partial charge in [-0.15, -0.1) is 0 Å². The number of esters is 1. The molecule has 0 amide bonds. The number of carbonyl (C=O) groups excluding carboxylic acids is 1. The monoisotopic (exact) mass is 365 g/mol. The van der Waals surface area contributed by atoms with Gasteiger partial charge in [0.1, 0.15) is 5.75 Å². The highest BCUT2D eigenvalue weighted by molar-refractivity contribution is 5.86. The Hall–Kier alpha value is -2.59. The molecule has 1 heterocycles. The maximum Gasteiger partial charge on any atom is 0.330 e. The highest BCUT2D eigenvalue weighted by atomic mass is 16.5. The lowest BCUT2D eigenvalue weighted by atomic mass is 10.0. The van der Waals surface area contributed by atoms with E-state index in [0.717, 1.165) is 30.8 Å². The molecule has 1 aliphatic heterocycles. The van der Waals surface area contributed by atoms with Gasteiger partial charge < -0.3 is 9.47 Å². The summed E-state index contributed by atoms with van der Waals surface area (Å²) in [4.78, 5) is 13.8. The Morgan fingerprint density at radius 3 is 2.52 bits per heavy atom.